The van der Waals surface area contributed by atoms with E-state index in [0.29, 0.717) is 6.04 Å². The van der Waals surface area contributed by atoms with Crippen molar-refractivity contribution in [3.63, 3.8) is 0 Å². The molecule has 0 radical (unpaired) electrons. The fourth-order valence-corrected chi connectivity index (χ4v) is 9.65. The number of amides is 1. The molecule has 9 nitrogen and oxygen atoms in total. The number of benzene rings is 5. The van der Waals surface area contributed by atoms with Crippen molar-refractivity contribution in [3.8, 4) is 11.1 Å². The Balaban J connectivity index is 1.09. The predicted octanol–water partition coefficient (Wildman–Crippen LogP) is 8.58. The van der Waals surface area contributed by atoms with Crippen LogP contribution in [0.1, 0.15) is 78.4 Å². The summed E-state index contributed by atoms with van der Waals surface area (Å²) in [4.78, 5) is 16.5. The molecule has 5 aromatic rings. The molecule has 0 bridgehead atoms. The smallest absolute Gasteiger partial charge is 0.241 e. The molecule has 0 spiro atoms. The van der Waals surface area contributed by atoms with Gasteiger partial charge >= 0.3 is 0 Å². The monoisotopic (exact) mass is 827 g/mol. The van der Waals surface area contributed by atoms with E-state index in [4.69, 9.17) is 9.47 Å². The molecule has 60 heavy (non-hydrogen) atoms. The Bertz CT molecular complexity index is 2280. The number of hydrogen-bond acceptors (Lipinski definition) is 7. The number of carbonyl (C=O) groups excluding carboxylic acids is 1. The zero-order chi connectivity index (χ0) is 42.1. The number of nitrogens with one attached hydrogen (secondary N) is 2. The third-order valence-corrected chi connectivity index (χ3v) is 13.4. The molecule has 1 aliphatic carbocycles. The molecule has 7 rings (SSSR count). The van der Waals surface area contributed by atoms with E-state index in [1.165, 1.54) is 25.7 Å². The van der Waals surface area contributed by atoms with Crippen LogP contribution in [0.2, 0.25) is 0 Å². The Labute approximate surface area is 355 Å². The van der Waals surface area contributed by atoms with E-state index in [1.54, 1.807) is 24.3 Å². The molecule has 5 atom stereocenters. The van der Waals surface area contributed by atoms with Crippen molar-refractivity contribution >= 4 is 15.9 Å². The first kappa shape index (κ1) is 43.2. The molecule has 2 aliphatic rings. The maximum atomic E-state index is 13.9. The third kappa shape index (κ3) is 10.7. The van der Waals surface area contributed by atoms with Crippen LogP contribution in [-0.4, -0.2) is 55.6 Å². The van der Waals surface area contributed by atoms with Crippen molar-refractivity contribution in [1.29, 1.82) is 0 Å². The van der Waals surface area contributed by atoms with Crippen molar-refractivity contribution in [3.05, 3.63) is 173 Å². The van der Waals surface area contributed by atoms with Crippen LogP contribution >= 0.6 is 0 Å². The van der Waals surface area contributed by atoms with Crippen molar-refractivity contribution in [2.24, 2.45) is 5.92 Å². The Hall–Kier alpha value is -4.94. The Morgan fingerprint density at radius 2 is 1.52 bits per heavy atom. The van der Waals surface area contributed by atoms with Crippen molar-refractivity contribution in [2.75, 3.05) is 13.1 Å². The van der Waals surface area contributed by atoms with E-state index < -0.39 is 28.3 Å². The number of aryl methyl sites for hydroxylation is 1. The van der Waals surface area contributed by atoms with Gasteiger partial charge in [-0.2, -0.15) is 4.72 Å². The zero-order valence-corrected chi connectivity index (χ0v) is 35.4. The van der Waals surface area contributed by atoms with E-state index in [-0.39, 0.29) is 42.6 Å². The van der Waals surface area contributed by atoms with Gasteiger partial charge in [0, 0.05) is 37.2 Å². The van der Waals surface area contributed by atoms with Crippen LogP contribution in [0.25, 0.3) is 11.1 Å². The fourth-order valence-electron chi connectivity index (χ4n) is 8.46. The summed E-state index contributed by atoms with van der Waals surface area (Å²) >= 11 is 0. The van der Waals surface area contributed by atoms with Gasteiger partial charge in [0.1, 0.15) is 6.04 Å². The molecular formula is C50H57N3O6S. The number of ether oxygens (including phenoxy) is 2. The fraction of sp³-hybridized carbons (Fsp3) is 0.340. The number of sulfonamides is 1. The third-order valence-electron chi connectivity index (χ3n) is 11.9. The number of carbonyl (C=O) groups is 1. The molecule has 1 amide bonds. The van der Waals surface area contributed by atoms with Gasteiger partial charge in [-0.25, -0.2) is 8.42 Å². The van der Waals surface area contributed by atoms with Gasteiger partial charge in [0.25, 0.3) is 0 Å². The second-order valence-electron chi connectivity index (χ2n) is 16.2. The van der Waals surface area contributed by atoms with Crippen LogP contribution in [-0.2, 0) is 43.9 Å². The van der Waals surface area contributed by atoms with Crippen molar-refractivity contribution in [2.45, 2.75) is 94.6 Å². The quantitative estimate of drug-likeness (QED) is 0.0805. The predicted molar refractivity (Wildman–Crippen MR) is 236 cm³/mol. The lowest BCUT2D eigenvalue weighted by atomic mass is 9.89. The van der Waals surface area contributed by atoms with Crippen LogP contribution in [0, 0.1) is 12.8 Å². The minimum absolute atomic E-state index is 0.0136. The molecule has 1 saturated carbocycles. The molecular weight excluding hydrogens is 771 g/mol. The minimum Gasteiger partial charge on any atom is -0.392 e. The second-order valence-corrected chi connectivity index (χ2v) is 17.9. The molecule has 5 aromatic carbocycles. The lowest BCUT2D eigenvalue weighted by Crippen LogP contribution is -2.47. The minimum atomic E-state index is -3.98. The molecule has 1 aliphatic heterocycles. The summed E-state index contributed by atoms with van der Waals surface area (Å²) in [6, 6.07) is 39.5. The summed E-state index contributed by atoms with van der Waals surface area (Å²) in [5.41, 5.74) is 7.38. The van der Waals surface area contributed by atoms with Crippen LogP contribution in [0.3, 0.4) is 0 Å². The number of nitrogens with zero attached hydrogens (tertiary/aromatic N) is 1. The topological polar surface area (TPSA) is 117 Å². The largest absolute Gasteiger partial charge is 0.392 e. The molecule has 10 heteroatoms. The first-order chi connectivity index (χ1) is 29.1. The number of hydrogen-bond donors (Lipinski definition) is 3. The Morgan fingerprint density at radius 3 is 2.20 bits per heavy atom. The molecule has 1 saturated heterocycles. The van der Waals surface area contributed by atoms with Gasteiger partial charge in [-0.05, 0) is 71.7 Å². The summed E-state index contributed by atoms with van der Waals surface area (Å²) in [5, 5.41) is 12.7. The van der Waals surface area contributed by atoms with Gasteiger partial charge in [0.05, 0.1) is 23.7 Å². The van der Waals surface area contributed by atoms with Crippen LogP contribution in [0.15, 0.2) is 145 Å². The first-order valence-electron chi connectivity index (χ1n) is 21.1. The summed E-state index contributed by atoms with van der Waals surface area (Å²) in [7, 11) is -3.98. The highest BCUT2D eigenvalue weighted by Crippen LogP contribution is 2.43. The highest BCUT2D eigenvalue weighted by Gasteiger charge is 2.40. The van der Waals surface area contributed by atoms with Crippen LogP contribution in [0.5, 0.6) is 0 Å². The van der Waals surface area contributed by atoms with Gasteiger partial charge in [0.2, 0.25) is 15.9 Å². The average molecular weight is 828 g/mol. The van der Waals surface area contributed by atoms with Gasteiger partial charge < -0.3 is 19.9 Å². The molecule has 3 N–H and O–H groups in total. The van der Waals surface area contributed by atoms with E-state index >= 15 is 0 Å². The van der Waals surface area contributed by atoms with E-state index in [1.807, 2.05) is 104 Å². The zero-order valence-electron chi connectivity index (χ0n) is 34.6. The number of rotatable bonds is 17. The lowest BCUT2D eigenvalue weighted by Gasteiger charge is -2.43. The van der Waals surface area contributed by atoms with Crippen LogP contribution < -0.4 is 10.0 Å². The maximum absolute atomic E-state index is 13.9. The van der Waals surface area contributed by atoms with E-state index in [9.17, 15) is 18.3 Å². The normalized spacial score (nSPS) is 20.2. The number of aliphatic hydroxyl groups is 1. The molecule has 0 unspecified atom stereocenters. The highest BCUT2D eigenvalue weighted by atomic mass is 32.2. The Kier molecular flexibility index (Phi) is 14.4. The summed E-state index contributed by atoms with van der Waals surface area (Å²) in [5.74, 6) is -0.350. The van der Waals surface area contributed by atoms with Crippen LogP contribution in [0.4, 0.5) is 0 Å². The molecule has 314 valence electrons. The lowest BCUT2D eigenvalue weighted by molar-refractivity contribution is -0.276. The molecule has 1 heterocycles. The summed E-state index contributed by atoms with van der Waals surface area (Å²) in [6.45, 7) is 9.92. The Morgan fingerprint density at radius 1 is 0.850 bits per heavy atom. The highest BCUT2D eigenvalue weighted by molar-refractivity contribution is 7.89. The van der Waals surface area contributed by atoms with Gasteiger partial charge in [-0.3, -0.25) is 9.69 Å². The van der Waals surface area contributed by atoms with E-state index in [2.05, 4.69) is 40.6 Å². The number of aliphatic hydroxyl groups excluding tert-OH is 1. The van der Waals surface area contributed by atoms with E-state index in [0.717, 1.165) is 57.6 Å². The molecule has 2 fully saturated rings. The SMILES string of the molecule is C=CCN(C[C@H]1O[C@@H](c2ccc(-c3ccccc3CNC(=O)[C@@H](Cc3ccccc3)NS(=O)(=O)c3ccc(C)cc3)cc2)O[C@@H](c2ccc(CO)cc2)[C@H]1C)C1CCCC1. The standard InChI is InChI=1S/C50H57N3O6S/c1-4-30-53(43-15-9-10-16-43)33-47-36(3)48(40-22-20-38(34-54)21-23-40)59-50(58-47)41-26-24-39(25-27-41)45-17-11-8-14-42(45)32-51-49(55)46(31-37-12-6-5-7-13-37)52-60(56,57)44-28-18-35(2)19-29-44/h4-8,11-14,17-29,36,43,46-48,50,52,54H,1,9-10,15-16,30-34H2,2-3H3,(H,51,55)/t36-,46+,47+,48+,50+/m0/s1. The van der Waals surface area contributed by atoms with Gasteiger partial charge in [0.15, 0.2) is 6.29 Å². The molecule has 0 aromatic heterocycles. The van der Waals surface area contributed by atoms with Gasteiger partial charge in [-0.1, -0.05) is 147 Å². The first-order valence-corrected chi connectivity index (χ1v) is 22.5. The summed E-state index contributed by atoms with van der Waals surface area (Å²) < 4.78 is 43.2. The summed E-state index contributed by atoms with van der Waals surface area (Å²) in [6.07, 6.45) is 6.14. The van der Waals surface area contributed by atoms with Gasteiger partial charge in [-0.15, -0.1) is 6.58 Å². The second kappa shape index (κ2) is 20.1. The van der Waals surface area contributed by atoms with Crippen molar-refractivity contribution < 1.29 is 27.8 Å². The maximum Gasteiger partial charge on any atom is 0.241 e. The average Bonchev–Trinajstić information content (AvgIpc) is 3.82. The van der Waals surface area contributed by atoms with Crippen molar-refractivity contribution in [1.82, 2.24) is 14.9 Å².